The third kappa shape index (κ3) is 2.56. The highest BCUT2D eigenvalue weighted by molar-refractivity contribution is 7.89. The Labute approximate surface area is 130 Å². The van der Waals surface area contributed by atoms with Gasteiger partial charge in [0.1, 0.15) is 11.6 Å². The van der Waals surface area contributed by atoms with Crippen LogP contribution in [0.4, 0.5) is 0 Å². The lowest BCUT2D eigenvalue weighted by Crippen LogP contribution is -2.39. The molecule has 1 aliphatic heterocycles. The molecule has 22 heavy (non-hydrogen) atoms. The van der Waals surface area contributed by atoms with Crippen molar-refractivity contribution in [2.24, 2.45) is 0 Å². The second-order valence-electron chi connectivity index (χ2n) is 5.51. The zero-order chi connectivity index (χ0) is 15.7. The Morgan fingerprint density at radius 3 is 2.86 bits per heavy atom. The van der Waals surface area contributed by atoms with Gasteiger partial charge in [-0.25, -0.2) is 18.4 Å². The van der Waals surface area contributed by atoms with Crippen molar-refractivity contribution in [3.63, 3.8) is 0 Å². The fourth-order valence-corrected chi connectivity index (χ4v) is 4.63. The molecule has 2 aromatic rings. The molecule has 3 rings (SSSR count). The quantitative estimate of drug-likeness (QED) is 0.930. The zero-order valence-electron chi connectivity index (χ0n) is 12.9. The summed E-state index contributed by atoms with van der Waals surface area (Å²) in [7, 11) is -3.61. The molecule has 8 heteroatoms. The summed E-state index contributed by atoms with van der Waals surface area (Å²) in [5, 5.41) is 0.130. The van der Waals surface area contributed by atoms with Crippen molar-refractivity contribution >= 4 is 10.0 Å². The maximum atomic E-state index is 13.0. The molecule has 0 aromatic carbocycles. The number of aryl methyl sites for hydroxylation is 2. The van der Waals surface area contributed by atoms with Crippen LogP contribution in [-0.4, -0.2) is 38.8 Å². The Kier molecular flexibility index (Phi) is 4.05. The number of piperidine rings is 1. The number of nitrogens with zero attached hydrogens (tertiary/aromatic N) is 4. The molecule has 2 aromatic heterocycles. The lowest BCUT2D eigenvalue weighted by Gasteiger charge is -2.32. The number of hydrogen-bond acceptors (Lipinski definition) is 4. The minimum absolute atomic E-state index is 0.130. The van der Waals surface area contributed by atoms with E-state index in [-0.39, 0.29) is 11.1 Å². The Morgan fingerprint density at radius 1 is 1.41 bits per heavy atom. The van der Waals surface area contributed by atoms with E-state index in [2.05, 4.69) is 15.0 Å². The topological polar surface area (TPSA) is 83.9 Å². The fourth-order valence-electron chi connectivity index (χ4n) is 2.97. The summed E-state index contributed by atoms with van der Waals surface area (Å²) < 4.78 is 29.4. The molecule has 7 nitrogen and oxygen atoms in total. The maximum absolute atomic E-state index is 13.0. The molecule has 0 saturated carbocycles. The highest BCUT2D eigenvalue weighted by Crippen LogP contribution is 2.33. The summed E-state index contributed by atoms with van der Waals surface area (Å²) in [6, 6.07) is -0.235. The molecule has 1 N–H and O–H groups in total. The number of imidazole rings is 2. The number of sulfonamides is 1. The van der Waals surface area contributed by atoms with Crippen LogP contribution in [0.2, 0.25) is 0 Å². The number of hydrogen-bond donors (Lipinski definition) is 1. The van der Waals surface area contributed by atoms with Gasteiger partial charge in [0.25, 0.3) is 10.0 Å². The summed E-state index contributed by atoms with van der Waals surface area (Å²) in [6.45, 7) is 5.00. The van der Waals surface area contributed by atoms with Crippen LogP contribution in [-0.2, 0) is 16.6 Å². The first kappa shape index (κ1) is 15.2. The summed E-state index contributed by atoms with van der Waals surface area (Å²) in [5.41, 5.74) is 0. The third-order valence-electron chi connectivity index (χ3n) is 4.16. The lowest BCUT2D eigenvalue weighted by molar-refractivity contribution is 0.247. The van der Waals surface area contributed by atoms with Gasteiger partial charge in [-0.05, 0) is 26.7 Å². The van der Waals surface area contributed by atoms with Gasteiger partial charge in [-0.3, -0.25) is 0 Å². The summed E-state index contributed by atoms with van der Waals surface area (Å²) >= 11 is 0. The van der Waals surface area contributed by atoms with Gasteiger partial charge in [-0.2, -0.15) is 4.31 Å². The Bertz CT molecular complexity index is 735. The first-order valence-corrected chi connectivity index (χ1v) is 9.03. The molecular formula is C14H21N5O2S. The Balaban J connectivity index is 1.98. The zero-order valence-corrected chi connectivity index (χ0v) is 13.7. The van der Waals surface area contributed by atoms with Crippen molar-refractivity contribution in [2.75, 3.05) is 6.54 Å². The van der Waals surface area contributed by atoms with E-state index in [0.717, 1.165) is 19.3 Å². The molecule has 0 radical (unpaired) electrons. The molecule has 1 unspecified atom stereocenters. The monoisotopic (exact) mass is 323 g/mol. The van der Waals surface area contributed by atoms with Gasteiger partial charge in [0.05, 0.1) is 6.04 Å². The van der Waals surface area contributed by atoms with Gasteiger partial charge in [-0.1, -0.05) is 6.42 Å². The van der Waals surface area contributed by atoms with Crippen LogP contribution in [0.5, 0.6) is 0 Å². The molecule has 0 bridgehead atoms. The van der Waals surface area contributed by atoms with Crippen molar-refractivity contribution in [3.8, 4) is 0 Å². The van der Waals surface area contributed by atoms with Crippen molar-refractivity contribution < 1.29 is 8.42 Å². The van der Waals surface area contributed by atoms with E-state index in [9.17, 15) is 8.42 Å². The van der Waals surface area contributed by atoms with Crippen LogP contribution in [0.25, 0.3) is 0 Å². The second kappa shape index (κ2) is 5.85. The SMILES string of the molecule is CCn1cc(S(=O)(=O)N2CCCCC2c2ncc[nH]2)nc1C. The highest BCUT2D eigenvalue weighted by Gasteiger charge is 2.37. The number of aromatic amines is 1. The van der Waals surface area contributed by atoms with Crippen molar-refractivity contribution in [1.82, 2.24) is 23.8 Å². The number of nitrogens with one attached hydrogen (secondary N) is 1. The van der Waals surface area contributed by atoms with E-state index in [1.54, 1.807) is 18.6 Å². The predicted octanol–water partition coefficient (Wildman–Crippen LogP) is 1.85. The average molecular weight is 323 g/mol. The molecule has 1 fully saturated rings. The standard InChI is InChI=1S/C14H21N5O2S/c1-3-18-10-13(17-11(18)2)22(20,21)19-9-5-4-6-12(19)14-15-7-8-16-14/h7-8,10,12H,3-6,9H2,1-2H3,(H,15,16). The van der Waals surface area contributed by atoms with E-state index >= 15 is 0 Å². The lowest BCUT2D eigenvalue weighted by atomic mass is 10.0. The smallest absolute Gasteiger partial charge is 0.262 e. The fraction of sp³-hybridized carbons (Fsp3) is 0.571. The van der Waals surface area contributed by atoms with Crippen LogP contribution in [0.15, 0.2) is 23.6 Å². The molecule has 1 atom stereocenters. The van der Waals surface area contributed by atoms with Crippen molar-refractivity contribution in [1.29, 1.82) is 0 Å². The van der Waals surface area contributed by atoms with Gasteiger partial charge < -0.3 is 9.55 Å². The molecule has 1 aliphatic rings. The number of H-pyrrole nitrogens is 1. The van der Waals surface area contributed by atoms with E-state index in [4.69, 9.17) is 0 Å². The number of aromatic nitrogens is 4. The summed E-state index contributed by atoms with van der Waals surface area (Å²) in [5.74, 6) is 1.42. The Morgan fingerprint density at radius 2 is 2.23 bits per heavy atom. The van der Waals surface area contributed by atoms with Crippen LogP contribution >= 0.6 is 0 Å². The largest absolute Gasteiger partial charge is 0.347 e. The van der Waals surface area contributed by atoms with E-state index in [1.807, 2.05) is 18.4 Å². The van der Waals surface area contributed by atoms with E-state index in [0.29, 0.717) is 24.7 Å². The maximum Gasteiger partial charge on any atom is 0.262 e. The molecule has 3 heterocycles. The van der Waals surface area contributed by atoms with E-state index in [1.165, 1.54) is 4.31 Å². The normalized spacial score (nSPS) is 20.4. The van der Waals surface area contributed by atoms with Gasteiger partial charge >= 0.3 is 0 Å². The van der Waals surface area contributed by atoms with E-state index < -0.39 is 10.0 Å². The van der Waals surface area contributed by atoms with Crippen LogP contribution in [0.3, 0.4) is 0 Å². The third-order valence-corrected chi connectivity index (χ3v) is 5.94. The average Bonchev–Trinajstić information content (AvgIpc) is 3.16. The first-order valence-electron chi connectivity index (χ1n) is 7.59. The predicted molar refractivity (Wildman–Crippen MR) is 81.7 cm³/mol. The summed E-state index contributed by atoms with van der Waals surface area (Å²) in [6.07, 6.45) is 7.65. The van der Waals surface area contributed by atoms with Crippen molar-refractivity contribution in [3.05, 3.63) is 30.2 Å². The molecular weight excluding hydrogens is 302 g/mol. The van der Waals surface area contributed by atoms with Crippen LogP contribution in [0, 0.1) is 6.92 Å². The van der Waals surface area contributed by atoms with Crippen molar-refractivity contribution in [2.45, 2.75) is 50.7 Å². The number of rotatable bonds is 4. The minimum atomic E-state index is -3.61. The molecule has 1 saturated heterocycles. The molecule has 0 spiro atoms. The van der Waals surface area contributed by atoms with Gasteiger partial charge in [0, 0.05) is 31.7 Å². The second-order valence-corrected chi connectivity index (χ2v) is 7.35. The first-order chi connectivity index (χ1) is 10.5. The minimum Gasteiger partial charge on any atom is -0.347 e. The van der Waals surface area contributed by atoms with Crippen LogP contribution < -0.4 is 0 Å². The highest BCUT2D eigenvalue weighted by atomic mass is 32.2. The molecule has 0 amide bonds. The molecule has 120 valence electrons. The summed E-state index contributed by atoms with van der Waals surface area (Å²) in [4.78, 5) is 11.5. The van der Waals surface area contributed by atoms with Crippen LogP contribution in [0.1, 0.15) is 43.9 Å². The Hall–Kier alpha value is -1.67. The van der Waals surface area contributed by atoms with Gasteiger partial charge in [0.2, 0.25) is 0 Å². The van der Waals surface area contributed by atoms with Gasteiger partial charge in [0.15, 0.2) is 5.03 Å². The van der Waals surface area contributed by atoms with Gasteiger partial charge in [-0.15, -0.1) is 0 Å². The molecule has 0 aliphatic carbocycles.